The van der Waals surface area contributed by atoms with E-state index < -0.39 is 5.54 Å². The van der Waals surface area contributed by atoms with Gasteiger partial charge in [0.2, 0.25) is 0 Å². The predicted molar refractivity (Wildman–Crippen MR) is 76.5 cm³/mol. The van der Waals surface area contributed by atoms with E-state index in [0.29, 0.717) is 0 Å². The lowest BCUT2D eigenvalue weighted by Gasteiger charge is -2.28. The summed E-state index contributed by atoms with van der Waals surface area (Å²) in [5.74, 6) is 0.130. The van der Waals surface area contributed by atoms with Crippen LogP contribution in [0.1, 0.15) is 24.0 Å². The highest BCUT2D eigenvalue weighted by molar-refractivity contribution is 5.74. The fourth-order valence-electron chi connectivity index (χ4n) is 2.58. The number of benzene rings is 2. The van der Waals surface area contributed by atoms with E-state index in [1.807, 2.05) is 18.3 Å². The predicted octanol–water partition coefficient (Wildman–Crippen LogP) is 4.03. The van der Waals surface area contributed by atoms with E-state index >= 15 is 0 Å². The van der Waals surface area contributed by atoms with Crippen LogP contribution in [0.15, 0.2) is 76.1 Å². The van der Waals surface area contributed by atoms with Gasteiger partial charge in [-0.05, 0) is 23.3 Å². The van der Waals surface area contributed by atoms with Crippen LogP contribution < -0.4 is 0 Å². The summed E-state index contributed by atoms with van der Waals surface area (Å²) in [6, 6.07) is 20.8. The van der Waals surface area contributed by atoms with Gasteiger partial charge < -0.3 is 0 Å². The molecular formula is C16H15N3. The Morgan fingerprint density at radius 2 is 1.37 bits per heavy atom. The average molecular weight is 249 g/mol. The van der Waals surface area contributed by atoms with Crippen molar-refractivity contribution in [2.24, 2.45) is 15.4 Å². The van der Waals surface area contributed by atoms with Gasteiger partial charge in [-0.25, -0.2) is 0 Å². The van der Waals surface area contributed by atoms with Crippen LogP contribution in [0.3, 0.4) is 0 Å². The van der Waals surface area contributed by atoms with Gasteiger partial charge in [-0.15, -0.1) is 5.10 Å². The fraction of sp³-hybridized carbons (Fsp3) is 0.188. The molecule has 1 heterocycles. The standard InChI is InChI=1S/C16H15N3/c1-16(12-17-19-18-16)15(13-8-4-2-5-9-13)14-10-6-3-7-11-14/h2-12,15H,1H3. The highest BCUT2D eigenvalue weighted by atomic mass is 15.4. The summed E-state index contributed by atoms with van der Waals surface area (Å²) in [5.41, 5.74) is 2.04. The summed E-state index contributed by atoms with van der Waals surface area (Å²) in [4.78, 5) is 0. The molecule has 3 rings (SSSR count). The molecule has 94 valence electrons. The molecule has 0 radical (unpaired) electrons. The van der Waals surface area contributed by atoms with E-state index in [1.165, 1.54) is 11.1 Å². The molecule has 1 aliphatic heterocycles. The molecule has 19 heavy (non-hydrogen) atoms. The van der Waals surface area contributed by atoms with Crippen molar-refractivity contribution in [3.63, 3.8) is 0 Å². The summed E-state index contributed by atoms with van der Waals surface area (Å²) >= 11 is 0. The van der Waals surface area contributed by atoms with E-state index in [9.17, 15) is 0 Å². The maximum Gasteiger partial charge on any atom is 0.129 e. The van der Waals surface area contributed by atoms with Gasteiger partial charge in [0.1, 0.15) is 5.54 Å². The van der Waals surface area contributed by atoms with Crippen molar-refractivity contribution < 1.29 is 0 Å². The maximum atomic E-state index is 4.32. The molecule has 1 unspecified atom stereocenters. The lowest BCUT2D eigenvalue weighted by atomic mass is 9.77. The smallest absolute Gasteiger partial charge is 0.129 e. The summed E-state index contributed by atoms with van der Waals surface area (Å²) in [6.07, 6.45) is 1.83. The molecule has 0 fully saturated rings. The molecular weight excluding hydrogens is 234 g/mol. The molecule has 0 aromatic heterocycles. The van der Waals surface area contributed by atoms with Gasteiger partial charge in [-0.3, -0.25) is 0 Å². The van der Waals surface area contributed by atoms with Gasteiger partial charge in [-0.2, -0.15) is 5.11 Å². The Bertz CT molecular complexity index is 551. The zero-order chi connectivity index (χ0) is 13.1. The lowest BCUT2D eigenvalue weighted by molar-refractivity contribution is 0.548. The van der Waals surface area contributed by atoms with Crippen molar-refractivity contribution in [1.82, 2.24) is 0 Å². The fourth-order valence-corrected chi connectivity index (χ4v) is 2.58. The number of nitrogens with zero attached hydrogens (tertiary/aromatic N) is 3. The molecule has 0 spiro atoms. The number of hydrogen-bond donors (Lipinski definition) is 0. The van der Waals surface area contributed by atoms with Crippen LogP contribution in [0.25, 0.3) is 0 Å². The maximum absolute atomic E-state index is 4.32. The molecule has 0 amide bonds. The van der Waals surface area contributed by atoms with Crippen LogP contribution >= 0.6 is 0 Å². The van der Waals surface area contributed by atoms with Crippen LogP contribution in [0.5, 0.6) is 0 Å². The molecule has 0 saturated heterocycles. The minimum absolute atomic E-state index is 0.130. The largest absolute Gasteiger partial charge is 0.156 e. The molecule has 3 nitrogen and oxygen atoms in total. The van der Waals surface area contributed by atoms with Crippen molar-refractivity contribution in [3.05, 3.63) is 71.8 Å². The zero-order valence-electron chi connectivity index (χ0n) is 10.8. The minimum Gasteiger partial charge on any atom is -0.156 e. The van der Waals surface area contributed by atoms with Crippen LogP contribution in [0.4, 0.5) is 0 Å². The van der Waals surface area contributed by atoms with Gasteiger partial charge in [0.15, 0.2) is 0 Å². The van der Waals surface area contributed by atoms with Crippen molar-refractivity contribution in [1.29, 1.82) is 0 Å². The van der Waals surface area contributed by atoms with Gasteiger partial charge >= 0.3 is 0 Å². The molecule has 0 N–H and O–H groups in total. The van der Waals surface area contributed by atoms with Crippen LogP contribution in [-0.2, 0) is 0 Å². The van der Waals surface area contributed by atoms with Gasteiger partial charge in [-0.1, -0.05) is 60.7 Å². The van der Waals surface area contributed by atoms with E-state index in [4.69, 9.17) is 0 Å². The first-order chi connectivity index (χ1) is 9.30. The summed E-state index contributed by atoms with van der Waals surface area (Å²) in [5, 5.41) is 12.1. The monoisotopic (exact) mass is 249 g/mol. The third-order valence-electron chi connectivity index (χ3n) is 3.48. The lowest BCUT2D eigenvalue weighted by Crippen LogP contribution is -2.31. The molecule has 0 aliphatic carbocycles. The third kappa shape index (κ3) is 2.19. The molecule has 3 heteroatoms. The van der Waals surface area contributed by atoms with E-state index in [1.54, 1.807) is 0 Å². The molecule has 0 bridgehead atoms. The molecule has 2 aromatic rings. The highest BCUT2D eigenvalue weighted by Crippen LogP contribution is 2.38. The van der Waals surface area contributed by atoms with Crippen molar-refractivity contribution in [3.8, 4) is 0 Å². The van der Waals surface area contributed by atoms with E-state index in [-0.39, 0.29) is 5.92 Å². The minimum atomic E-state index is -0.414. The topological polar surface area (TPSA) is 37.1 Å². The van der Waals surface area contributed by atoms with Gasteiger partial charge in [0, 0.05) is 5.92 Å². The van der Waals surface area contributed by atoms with Gasteiger partial charge in [0.05, 0.1) is 6.21 Å². The second-order valence-corrected chi connectivity index (χ2v) is 4.91. The summed E-state index contributed by atoms with van der Waals surface area (Å²) in [7, 11) is 0. The molecule has 1 aliphatic rings. The highest BCUT2D eigenvalue weighted by Gasteiger charge is 2.37. The van der Waals surface area contributed by atoms with Crippen molar-refractivity contribution in [2.45, 2.75) is 18.4 Å². The van der Waals surface area contributed by atoms with Crippen LogP contribution in [0.2, 0.25) is 0 Å². The first kappa shape index (κ1) is 11.8. The Labute approximate surface area is 112 Å². The van der Waals surface area contributed by atoms with Crippen molar-refractivity contribution in [2.75, 3.05) is 0 Å². The Balaban J connectivity index is 2.12. The zero-order valence-corrected chi connectivity index (χ0v) is 10.8. The molecule has 2 aromatic carbocycles. The van der Waals surface area contributed by atoms with Crippen LogP contribution in [-0.4, -0.2) is 11.8 Å². The second kappa shape index (κ2) is 4.76. The number of hydrogen-bond acceptors (Lipinski definition) is 3. The van der Waals surface area contributed by atoms with E-state index in [2.05, 4.69) is 70.9 Å². The first-order valence-corrected chi connectivity index (χ1v) is 6.36. The Morgan fingerprint density at radius 3 is 1.79 bits per heavy atom. The normalized spacial score (nSPS) is 21.2. The Morgan fingerprint density at radius 1 is 0.842 bits per heavy atom. The SMILES string of the molecule is CC1(C(c2ccccc2)c2ccccc2)C=NN=N1. The van der Waals surface area contributed by atoms with E-state index in [0.717, 1.165) is 0 Å². The van der Waals surface area contributed by atoms with Gasteiger partial charge in [0.25, 0.3) is 0 Å². The molecule has 0 saturated carbocycles. The quantitative estimate of drug-likeness (QED) is 0.787. The molecule has 1 atom stereocenters. The summed E-state index contributed by atoms with van der Waals surface area (Å²) in [6.45, 7) is 2.07. The van der Waals surface area contributed by atoms with Crippen LogP contribution in [0, 0.1) is 0 Å². The Hall–Kier alpha value is -2.29. The first-order valence-electron chi connectivity index (χ1n) is 6.36. The average Bonchev–Trinajstić information content (AvgIpc) is 2.89. The second-order valence-electron chi connectivity index (χ2n) is 4.91. The number of rotatable bonds is 3. The Kier molecular flexibility index (Phi) is 2.95. The third-order valence-corrected chi connectivity index (χ3v) is 3.48. The summed E-state index contributed by atoms with van der Waals surface area (Å²) < 4.78 is 0. The van der Waals surface area contributed by atoms with Crippen molar-refractivity contribution >= 4 is 6.21 Å².